The lowest BCUT2D eigenvalue weighted by Crippen LogP contribution is -2.27. The molecule has 0 aliphatic carbocycles. The maximum absolute atomic E-state index is 11.2. The lowest BCUT2D eigenvalue weighted by Gasteiger charge is -2.16. The molecule has 0 saturated carbocycles. The van der Waals surface area contributed by atoms with E-state index in [1.54, 1.807) is 18.1 Å². The summed E-state index contributed by atoms with van der Waals surface area (Å²) in [5.74, 6) is 3.63. The molecule has 0 radical (unpaired) electrons. The van der Waals surface area contributed by atoms with Crippen molar-refractivity contribution in [2.75, 3.05) is 13.1 Å². The molecule has 2 N–H and O–H groups in total. The van der Waals surface area contributed by atoms with Crippen LogP contribution in [0.25, 0.3) is 0 Å². The van der Waals surface area contributed by atoms with Crippen LogP contribution in [0.15, 0.2) is 23.8 Å². The van der Waals surface area contributed by atoms with Gasteiger partial charge in [-0.2, -0.15) is 5.90 Å². The van der Waals surface area contributed by atoms with E-state index in [4.69, 9.17) is 4.84 Å². The normalized spacial score (nSPS) is 10.4. The maximum Gasteiger partial charge on any atom is 0.352 e. The van der Waals surface area contributed by atoms with E-state index in [0.717, 1.165) is 13.1 Å². The monoisotopic (exact) mass is 272 g/mol. The molecular weight excluding hydrogens is 248 g/mol. The molecule has 0 aromatic heterocycles. The van der Waals surface area contributed by atoms with Crippen molar-refractivity contribution in [3.8, 4) is 0 Å². The van der Waals surface area contributed by atoms with Gasteiger partial charge in [-0.05, 0) is 34.6 Å². The van der Waals surface area contributed by atoms with E-state index in [1.807, 2.05) is 20.8 Å². The Hall–Kier alpha value is -1.66. The number of rotatable bonds is 5. The molecule has 0 heterocycles. The number of carbonyl (C=O) groups excluding carboxylic acids is 2. The second-order valence-corrected chi connectivity index (χ2v) is 3.65. The molecule has 0 spiro atoms. The number of hydrogen-bond donors (Lipinski definition) is 1. The largest absolute Gasteiger partial charge is 0.370 e. The molecule has 0 saturated heterocycles. The van der Waals surface area contributed by atoms with Crippen LogP contribution in [0.2, 0.25) is 0 Å². The zero-order valence-electron chi connectivity index (χ0n) is 12.4. The van der Waals surface area contributed by atoms with Crippen molar-refractivity contribution in [2.24, 2.45) is 5.90 Å². The molecule has 0 aliphatic rings. The van der Waals surface area contributed by atoms with Crippen LogP contribution in [0.5, 0.6) is 0 Å². The third-order valence-corrected chi connectivity index (χ3v) is 2.13. The Morgan fingerprint density at radius 3 is 1.89 bits per heavy atom. The van der Waals surface area contributed by atoms with Gasteiger partial charge in [0.2, 0.25) is 0 Å². The van der Waals surface area contributed by atoms with Crippen LogP contribution in [-0.2, 0) is 19.3 Å². The van der Waals surface area contributed by atoms with E-state index < -0.39 is 5.97 Å². The lowest BCUT2D eigenvalue weighted by atomic mass is 10.3. The number of hydroxylamine groups is 2. The van der Waals surface area contributed by atoms with Gasteiger partial charge in [0.05, 0.1) is 0 Å². The average Bonchev–Trinajstić information content (AvgIpc) is 2.42. The minimum absolute atomic E-state index is 0.263. The van der Waals surface area contributed by atoms with Crippen molar-refractivity contribution in [2.45, 2.75) is 34.6 Å². The van der Waals surface area contributed by atoms with Gasteiger partial charge in [0, 0.05) is 24.2 Å². The van der Waals surface area contributed by atoms with Gasteiger partial charge < -0.3 is 9.68 Å². The highest BCUT2D eigenvalue weighted by molar-refractivity contribution is 5.87. The Labute approximate surface area is 114 Å². The molecule has 0 atom stereocenters. The van der Waals surface area contributed by atoms with Crippen LogP contribution in [-0.4, -0.2) is 30.1 Å². The first-order valence-electron chi connectivity index (χ1n) is 6.00. The fraction of sp³-hybridized carbons (Fsp3) is 0.538. The molecule has 0 aromatic rings. The number of nitrogens with zero attached hydrogens (tertiary/aromatic N) is 1. The highest BCUT2D eigenvalue weighted by Gasteiger charge is 2.08. The summed E-state index contributed by atoms with van der Waals surface area (Å²) in [6.45, 7) is 13.7. The molecule has 0 rings (SSSR count). The van der Waals surface area contributed by atoms with Crippen molar-refractivity contribution < 1.29 is 19.3 Å². The summed E-state index contributed by atoms with van der Waals surface area (Å²) in [6.07, 6.45) is 1.74. The first-order chi connectivity index (χ1) is 8.83. The van der Waals surface area contributed by atoms with Crippen LogP contribution < -0.4 is 5.90 Å². The number of carbonyl (C=O) groups is 2. The molecule has 0 bridgehead atoms. The van der Waals surface area contributed by atoms with Gasteiger partial charge in [-0.15, -0.1) is 5.06 Å². The molecular formula is C13H24N2O4. The maximum atomic E-state index is 11.2. The molecule has 0 unspecified atom stereocenters. The summed E-state index contributed by atoms with van der Waals surface area (Å²) in [4.78, 5) is 30.0. The topological polar surface area (TPSA) is 81.9 Å². The third-order valence-electron chi connectivity index (χ3n) is 2.13. The van der Waals surface area contributed by atoms with Crippen molar-refractivity contribution in [3.05, 3.63) is 23.8 Å². The quantitative estimate of drug-likeness (QED) is 0.606. The van der Waals surface area contributed by atoms with Gasteiger partial charge in [-0.1, -0.05) is 12.7 Å². The lowest BCUT2D eigenvalue weighted by molar-refractivity contribution is -0.183. The smallest absolute Gasteiger partial charge is 0.352 e. The summed E-state index contributed by atoms with van der Waals surface area (Å²) in [7, 11) is 0. The van der Waals surface area contributed by atoms with Crippen LogP contribution in [0, 0.1) is 0 Å². The second-order valence-electron chi connectivity index (χ2n) is 3.65. The fourth-order valence-electron chi connectivity index (χ4n) is 0.760. The minimum atomic E-state index is -0.569. The summed E-state index contributed by atoms with van der Waals surface area (Å²) >= 11 is 0. The predicted molar refractivity (Wildman–Crippen MR) is 73.5 cm³/mol. The summed E-state index contributed by atoms with van der Waals surface area (Å²) in [6, 6.07) is 0. The van der Waals surface area contributed by atoms with Crippen molar-refractivity contribution in [3.63, 3.8) is 0 Å². The molecule has 110 valence electrons. The van der Waals surface area contributed by atoms with E-state index in [1.165, 1.54) is 6.92 Å². The Bertz CT molecular complexity index is 334. The van der Waals surface area contributed by atoms with E-state index in [9.17, 15) is 9.59 Å². The van der Waals surface area contributed by atoms with Crippen LogP contribution >= 0.6 is 0 Å². The van der Waals surface area contributed by atoms with Crippen LogP contribution in [0.4, 0.5) is 0 Å². The standard InChI is InChI=1S/C9H17NO2.C4H7NO2/c1-5-8(4)9(11)12-10(6-2)7-3;1-3(2)4(6)7-5/h5H,6-7H2,1-4H3;1,5H2,2H3. The number of hydrogen-bond acceptors (Lipinski definition) is 6. The first-order valence-corrected chi connectivity index (χ1v) is 6.00. The van der Waals surface area contributed by atoms with Gasteiger partial charge in [0.25, 0.3) is 0 Å². The van der Waals surface area contributed by atoms with Crippen LogP contribution in [0.1, 0.15) is 34.6 Å². The van der Waals surface area contributed by atoms with Crippen molar-refractivity contribution >= 4 is 11.9 Å². The zero-order chi connectivity index (χ0) is 15.4. The highest BCUT2D eigenvalue weighted by atomic mass is 16.7. The SMILES string of the molecule is C=C(C)C(=O)ON.CC=C(C)C(=O)ON(CC)CC. The molecule has 0 amide bonds. The molecule has 0 aromatic carbocycles. The zero-order valence-corrected chi connectivity index (χ0v) is 12.4. The van der Waals surface area contributed by atoms with Gasteiger partial charge in [0.15, 0.2) is 0 Å². The van der Waals surface area contributed by atoms with E-state index >= 15 is 0 Å². The van der Waals surface area contributed by atoms with Gasteiger partial charge in [-0.3, -0.25) is 0 Å². The Kier molecular flexibility index (Phi) is 11.8. The molecule has 19 heavy (non-hydrogen) atoms. The highest BCUT2D eigenvalue weighted by Crippen LogP contribution is 1.99. The van der Waals surface area contributed by atoms with E-state index in [0.29, 0.717) is 11.1 Å². The number of allylic oxidation sites excluding steroid dienone is 1. The average molecular weight is 272 g/mol. The second kappa shape index (κ2) is 11.4. The molecule has 6 nitrogen and oxygen atoms in total. The molecule has 6 heteroatoms. The Morgan fingerprint density at radius 1 is 1.21 bits per heavy atom. The summed E-state index contributed by atoms with van der Waals surface area (Å²) < 4.78 is 0. The van der Waals surface area contributed by atoms with Crippen LogP contribution in [0.3, 0.4) is 0 Å². The van der Waals surface area contributed by atoms with Gasteiger partial charge in [-0.25, -0.2) is 9.59 Å². The fourth-order valence-corrected chi connectivity index (χ4v) is 0.760. The molecule has 0 aliphatic heterocycles. The number of nitrogens with two attached hydrogens (primary N) is 1. The van der Waals surface area contributed by atoms with Gasteiger partial charge in [0.1, 0.15) is 0 Å². The molecule has 0 fully saturated rings. The van der Waals surface area contributed by atoms with Gasteiger partial charge >= 0.3 is 11.9 Å². The minimum Gasteiger partial charge on any atom is -0.370 e. The van der Waals surface area contributed by atoms with E-state index in [2.05, 4.69) is 17.3 Å². The third kappa shape index (κ3) is 9.99. The van der Waals surface area contributed by atoms with Crippen molar-refractivity contribution in [1.82, 2.24) is 5.06 Å². The summed E-state index contributed by atoms with van der Waals surface area (Å²) in [5.41, 5.74) is 0.949. The summed E-state index contributed by atoms with van der Waals surface area (Å²) in [5, 5.41) is 1.62. The Balaban J connectivity index is 0. The van der Waals surface area contributed by atoms with Crippen molar-refractivity contribution in [1.29, 1.82) is 0 Å². The predicted octanol–water partition coefficient (Wildman–Crippen LogP) is 1.73. The van der Waals surface area contributed by atoms with E-state index in [-0.39, 0.29) is 5.97 Å². The Morgan fingerprint density at radius 2 is 1.68 bits per heavy atom. The first kappa shape index (κ1) is 19.7.